The highest BCUT2D eigenvalue weighted by Crippen LogP contribution is 2.27. The van der Waals surface area contributed by atoms with Gasteiger partial charge in [0.05, 0.1) is 0 Å². The number of nitrogens with two attached hydrogens (primary N) is 1. The first-order chi connectivity index (χ1) is 8.24. The lowest BCUT2D eigenvalue weighted by Crippen LogP contribution is -2.27. The van der Waals surface area contributed by atoms with Gasteiger partial charge in [0, 0.05) is 30.3 Å². The SMILES string of the molecule is NC1CC(=O)N(Cc2csc3ccccc23)C1. The van der Waals surface area contributed by atoms with Crippen molar-refractivity contribution in [2.45, 2.75) is 19.0 Å². The average molecular weight is 246 g/mol. The molecule has 17 heavy (non-hydrogen) atoms. The third kappa shape index (κ3) is 1.94. The predicted octanol–water partition coefficient (Wildman–Crippen LogP) is 1.96. The Balaban J connectivity index is 1.88. The van der Waals surface area contributed by atoms with Crippen LogP contribution in [-0.2, 0) is 11.3 Å². The van der Waals surface area contributed by atoms with Crippen LogP contribution >= 0.6 is 11.3 Å². The largest absolute Gasteiger partial charge is 0.337 e. The molecule has 1 aromatic heterocycles. The summed E-state index contributed by atoms with van der Waals surface area (Å²) in [5.41, 5.74) is 7.03. The van der Waals surface area contributed by atoms with Crippen molar-refractivity contribution in [3.8, 4) is 0 Å². The van der Waals surface area contributed by atoms with Gasteiger partial charge in [-0.3, -0.25) is 4.79 Å². The molecule has 0 saturated carbocycles. The summed E-state index contributed by atoms with van der Waals surface area (Å²) in [5.74, 6) is 0.174. The number of rotatable bonds is 2. The minimum Gasteiger partial charge on any atom is -0.337 e. The van der Waals surface area contributed by atoms with Crippen LogP contribution in [0.3, 0.4) is 0 Å². The summed E-state index contributed by atoms with van der Waals surface area (Å²) in [6.45, 7) is 1.37. The van der Waals surface area contributed by atoms with Gasteiger partial charge in [-0.1, -0.05) is 18.2 Å². The second-order valence-electron chi connectivity index (χ2n) is 4.50. The third-order valence-corrected chi connectivity index (χ3v) is 4.18. The van der Waals surface area contributed by atoms with Crippen LogP contribution in [0.15, 0.2) is 29.6 Å². The number of hydrogen-bond acceptors (Lipinski definition) is 3. The molecule has 1 fully saturated rings. The van der Waals surface area contributed by atoms with Crippen LogP contribution in [0.25, 0.3) is 10.1 Å². The van der Waals surface area contributed by atoms with Crippen molar-refractivity contribution in [2.24, 2.45) is 5.73 Å². The van der Waals surface area contributed by atoms with Crippen molar-refractivity contribution < 1.29 is 4.79 Å². The summed E-state index contributed by atoms with van der Waals surface area (Å²) in [6.07, 6.45) is 0.488. The number of benzene rings is 1. The van der Waals surface area contributed by atoms with Crippen molar-refractivity contribution in [2.75, 3.05) is 6.54 Å². The molecule has 1 atom stereocenters. The van der Waals surface area contributed by atoms with Gasteiger partial charge in [0.1, 0.15) is 0 Å². The van der Waals surface area contributed by atoms with E-state index in [4.69, 9.17) is 5.73 Å². The summed E-state index contributed by atoms with van der Waals surface area (Å²) < 4.78 is 1.28. The highest BCUT2D eigenvalue weighted by Gasteiger charge is 2.27. The van der Waals surface area contributed by atoms with Crippen LogP contribution in [0.4, 0.5) is 0 Å². The van der Waals surface area contributed by atoms with E-state index in [-0.39, 0.29) is 11.9 Å². The van der Waals surface area contributed by atoms with Gasteiger partial charge in [0.15, 0.2) is 0 Å². The van der Waals surface area contributed by atoms with E-state index in [1.165, 1.54) is 15.6 Å². The normalized spacial score (nSPS) is 20.4. The molecule has 1 unspecified atom stereocenters. The fraction of sp³-hybridized carbons (Fsp3) is 0.308. The van der Waals surface area contributed by atoms with Gasteiger partial charge in [-0.15, -0.1) is 11.3 Å². The van der Waals surface area contributed by atoms with Gasteiger partial charge in [0.25, 0.3) is 0 Å². The molecule has 1 aliphatic heterocycles. The zero-order valence-electron chi connectivity index (χ0n) is 9.43. The number of hydrogen-bond donors (Lipinski definition) is 1. The summed E-state index contributed by atoms with van der Waals surface area (Å²) in [6, 6.07) is 8.31. The topological polar surface area (TPSA) is 46.3 Å². The maximum atomic E-state index is 11.7. The van der Waals surface area contributed by atoms with E-state index in [0.717, 1.165) is 0 Å². The van der Waals surface area contributed by atoms with E-state index in [1.807, 2.05) is 17.0 Å². The molecule has 3 nitrogen and oxygen atoms in total. The number of nitrogens with zero attached hydrogens (tertiary/aromatic N) is 1. The summed E-state index contributed by atoms with van der Waals surface area (Å²) in [4.78, 5) is 13.6. The molecule has 1 aromatic carbocycles. The van der Waals surface area contributed by atoms with E-state index >= 15 is 0 Å². The van der Waals surface area contributed by atoms with Crippen LogP contribution in [0.5, 0.6) is 0 Å². The second-order valence-corrected chi connectivity index (χ2v) is 5.41. The molecule has 1 amide bonds. The van der Waals surface area contributed by atoms with Crippen molar-refractivity contribution in [3.05, 3.63) is 35.2 Å². The number of carbonyl (C=O) groups excluding carboxylic acids is 1. The van der Waals surface area contributed by atoms with Crippen molar-refractivity contribution in [1.29, 1.82) is 0 Å². The minimum absolute atomic E-state index is 0.00685. The first-order valence-corrected chi connectivity index (χ1v) is 6.60. The van der Waals surface area contributed by atoms with Crippen LogP contribution in [0.1, 0.15) is 12.0 Å². The Kier molecular flexibility index (Phi) is 2.61. The molecule has 4 heteroatoms. The van der Waals surface area contributed by atoms with Crippen molar-refractivity contribution >= 4 is 27.3 Å². The monoisotopic (exact) mass is 246 g/mol. The van der Waals surface area contributed by atoms with Crippen LogP contribution < -0.4 is 5.73 Å². The van der Waals surface area contributed by atoms with E-state index in [9.17, 15) is 4.79 Å². The molecular formula is C13H14N2OS. The van der Waals surface area contributed by atoms with E-state index in [0.29, 0.717) is 19.5 Å². The third-order valence-electron chi connectivity index (χ3n) is 3.17. The Morgan fingerprint density at radius 3 is 3.00 bits per heavy atom. The number of thiophene rings is 1. The number of likely N-dealkylation sites (tertiary alicyclic amines) is 1. The fourth-order valence-corrected chi connectivity index (χ4v) is 3.27. The van der Waals surface area contributed by atoms with Gasteiger partial charge >= 0.3 is 0 Å². The molecule has 2 N–H and O–H groups in total. The second kappa shape index (κ2) is 4.13. The Morgan fingerprint density at radius 2 is 2.24 bits per heavy atom. The van der Waals surface area contributed by atoms with Gasteiger partial charge in [0.2, 0.25) is 5.91 Å². The molecule has 88 valence electrons. The zero-order valence-corrected chi connectivity index (χ0v) is 10.2. The minimum atomic E-state index is 0.00685. The smallest absolute Gasteiger partial charge is 0.224 e. The first-order valence-electron chi connectivity index (χ1n) is 5.72. The molecule has 2 heterocycles. The van der Waals surface area contributed by atoms with Gasteiger partial charge in [-0.25, -0.2) is 0 Å². The lowest BCUT2D eigenvalue weighted by molar-refractivity contribution is -0.128. The van der Waals surface area contributed by atoms with E-state index in [1.54, 1.807) is 11.3 Å². The molecule has 1 aliphatic rings. The average Bonchev–Trinajstić information content (AvgIpc) is 2.85. The Bertz CT molecular complexity index is 563. The van der Waals surface area contributed by atoms with Crippen molar-refractivity contribution in [3.63, 3.8) is 0 Å². The lowest BCUT2D eigenvalue weighted by Gasteiger charge is -2.15. The van der Waals surface area contributed by atoms with Crippen LogP contribution in [0, 0.1) is 0 Å². The number of fused-ring (bicyclic) bond motifs is 1. The summed E-state index contributed by atoms with van der Waals surface area (Å²) >= 11 is 1.73. The highest BCUT2D eigenvalue weighted by molar-refractivity contribution is 7.17. The van der Waals surface area contributed by atoms with Gasteiger partial charge in [-0.2, -0.15) is 0 Å². The molecule has 2 aromatic rings. The van der Waals surface area contributed by atoms with E-state index in [2.05, 4.69) is 17.5 Å². The molecule has 0 aliphatic carbocycles. The van der Waals surface area contributed by atoms with Crippen LogP contribution in [0.2, 0.25) is 0 Å². The lowest BCUT2D eigenvalue weighted by atomic mass is 10.2. The number of carbonyl (C=O) groups is 1. The predicted molar refractivity (Wildman–Crippen MR) is 69.8 cm³/mol. The molecule has 0 bridgehead atoms. The van der Waals surface area contributed by atoms with Gasteiger partial charge in [-0.05, 0) is 22.4 Å². The maximum Gasteiger partial charge on any atom is 0.224 e. The Hall–Kier alpha value is -1.39. The quantitative estimate of drug-likeness (QED) is 0.880. The van der Waals surface area contributed by atoms with Crippen molar-refractivity contribution in [1.82, 2.24) is 4.90 Å². The summed E-state index contributed by atoms with van der Waals surface area (Å²) in [7, 11) is 0. The van der Waals surface area contributed by atoms with Crippen LogP contribution in [-0.4, -0.2) is 23.4 Å². The zero-order chi connectivity index (χ0) is 11.8. The first kappa shape index (κ1) is 10.7. The number of amides is 1. The standard InChI is InChI=1S/C13H14N2OS/c14-10-5-13(16)15(7-10)6-9-8-17-12-4-2-1-3-11(9)12/h1-4,8,10H,5-7,14H2. The summed E-state index contributed by atoms with van der Waals surface area (Å²) in [5, 5.41) is 3.40. The van der Waals surface area contributed by atoms with Gasteiger partial charge < -0.3 is 10.6 Å². The Morgan fingerprint density at radius 1 is 1.41 bits per heavy atom. The highest BCUT2D eigenvalue weighted by atomic mass is 32.1. The molecule has 0 spiro atoms. The molecule has 0 radical (unpaired) electrons. The van der Waals surface area contributed by atoms with E-state index < -0.39 is 0 Å². The maximum absolute atomic E-state index is 11.7. The Labute approximate surface area is 104 Å². The molecular weight excluding hydrogens is 232 g/mol. The molecule has 3 rings (SSSR count). The fourth-order valence-electron chi connectivity index (χ4n) is 2.32. The molecule has 1 saturated heterocycles.